The molecule has 1 nitrogen and oxygen atoms in total. The van der Waals surface area contributed by atoms with Gasteiger partial charge in [-0.3, -0.25) is 0 Å². The van der Waals surface area contributed by atoms with Crippen molar-refractivity contribution in [2.75, 3.05) is 0 Å². The topological polar surface area (TPSA) is 20.2 Å². The standard InChI is InChI=1S/C11H12BrFO/c1-7(8(2)14)5-9-3-4-10(13)6-11(9)12/h3-6,8,14H,1-2H3/b7-5+. The van der Waals surface area contributed by atoms with Crippen molar-refractivity contribution in [2.24, 2.45) is 0 Å². The SMILES string of the molecule is C/C(=C\c1ccc(F)cc1Br)C(C)O. The van der Waals surface area contributed by atoms with Gasteiger partial charge in [0.15, 0.2) is 0 Å². The number of hydrogen-bond acceptors (Lipinski definition) is 1. The summed E-state index contributed by atoms with van der Waals surface area (Å²) in [7, 11) is 0. The van der Waals surface area contributed by atoms with Gasteiger partial charge in [0.05, 0.1) is 6.10 Å². The first-order valence-electron chi connectivity index (χ1n) is 4.32. The van der Waals surface area contributed by atoms with Gasteiger partial charge in [-0.1, -0.05) is 28.1 Å². The maximum atomic E-state index is 12.7. The molecule has 14 heavy (non-hydrogen) atoms. The molecule has 0 amide bonds. The van der Waals surface area contributed by atoms with Crippen LogP contribution in [0, 0.1) is 5.82 Å². The van der Waals surface area contributed by atoms with Crippen molar-refractivity contribution >= 4 is 22.0 Å². The molecule has 0 saturated heterocycles. The molecular formula is C11H12BrFO. The summed E-state index contributed by atoms with van der Waals surface area (Å²) in [4.78, 5) is 0. The van der Waals surface area contributed by atoms with Crippen LogP contribution >= 0.6 is 15.9 Å². The molecule has 0 aromatic heterocycles. The number of aliphatic hydroxyl groups is 1. The largest absolute Gasteiger partial charge is 0.389 e. The molecule has 1 rings (SSSR count). The summed E-state index contributed by atoms with van der Waals surface area (Å²) >= 11 is 3.26. The van der Waals surface area contributed by atoms with Crippen LogP contribution in [0.4, 0.5) is 4.39 Å². The van der Waals surface area contributed by atoms with Gasteiger partial charge in [-0.25, -0.2) is 4.39 Å². The van der Waals surface area contributed by atoms with Gasteiger partial charge in [-0.2, -0.15) is 0 Å². The number of hydrogen-bond donors (Lipinski definition) is 1. The van der Waals surface area contributed by atoms with Crippen molar-refractivity contribution in [3.63, 3.8) is 0 Å². The zero-order valence-corrected chi connectivity index (χ0v) is 9.68. The first-order chi connectivity index (χ1) is 6.50. The molecule has 0 fully saturated rings. The summed E-state index contributed by atoms with van der Waals surface area (Å²) in [6.45, 7) is 3.53. The van der Waals surface area contributed by atoms with Gasteiger partial charge < -0.3 is 5.11 Å². The Hall–Kier alpha value is -0.670. The van der Waals surface area contributed by atoms with E-state index in [1.807, 2.05) is 13.0 Å². The molecule has 0 heterocycles. The van der Waals surface area contributed by atoms with Gasteiger partial charge in [-0.15, -0.1) is 0 Å². The van der Waals surface area contributed by atoms with E-state index in [2.05, 4.69) is 15.9 Å². The first-order valence-corrected chi connectivity index (χ1v) is 5.11. The molecule has 1 aromatic rings. The van der Waals surface area contributed by atoms with E-state index < -0.39 is 6.10 Å². The summed E-state index contributed by atoms with van der Waals surface area (Å²) in [5.41, 5.74) is 1.71. The molecule has 0 aliphatic rings. The van der Waals surface area contributed by atoms with Gasteiger partial charge >= 0.3 is 0 Å². The highest BCUT2D eigenvalue weighted by Crippen LogP contribution is 2.21. The van der Waals surface area contributed by atoms with Crippen LogP contribution in [-0.4, -0.2) is 11.2 Å². The van der Waals surface area contributed by atoms with Crippen molar-refractivity contribution < 1.29 is 9.50 Å². The quantitative estimate of drug-likeness (QED) is 0.863. The number of aliphatic hydroxyl groups excluding tert-OH is 1. The lowest BCUT2D eigenvalue weighted by Gasteiger charge is -2.05. The lowest BCUT2D eigenvalue weighted by Crippen LogP contribution is -2.00. The third-order valence-electron chi connectivity index (χ3n) is 2.00. The highest BCUT2D eigenvalue weighted by atomic mass is 79.9. The summed E-state index contributed by atoms with van der Waals surface area (Å²) in [5, 5.41) is 9.27. The molecule has 0 aliphatic carbocycles. The van der Waals surface area contributed by atoms with E-state index in [1.165, 1.54) is 12.1 Å². The van der Waals surface area contributed by atoms with E-state index in [-0.39, 0.29) is 5.82 Å². The van der Waals surface area contributed by atoms with Crippen LogP contribution in [0.3, 0.4) is 0 Å². The van der Waals surface area contributed by atoms with E-state index >= 15 is 0 Å². The molecule has 1 aromatic carbocycles. The van der Waals surface area contributed by atoms with Crippen LogP contribution in [0.15, 0.2) is 28.2 Å². The Morgan fingerprint density at radius 2 is 2.21 bits per heavy atom. The smallest absolute Gasteiger partial charge is 0.124 e. The number of benzene rings is 1. The molecule has 1 unspecified atom stereocenters. The Morgan fingerprint density at radius 1 is 1.57 bits per heavy atom. The van der Waals surface area contributed by atoms with Crippen LogP contribution in [0.2, 0.25) is 0 Å². The third-order valence-corrected chi connectivity index (χ3v) is 2.69. The van der Waals surface area contributed by atoms with Gasteiger partial charge in [0, 0.05) is 4.47 Å². The van der Waals surface area contributed by atoms with E-state index in [0.717, 1.165) is 11.1 Å². The molecule has 0 bridgehead atoms. The normalized spacial score (nSPS) is 14.2. The summed E-state index contributed by atoms with van der Waals surface area (Å²) in [6, 6.07) is 4.47. The minimum absolute atomic E-state index is 0.274. The molecule has 1 atom stereocenters. The van der Waals surface area contributed by atoms with Crippen LogP contribution in [0.1, 0.15) is 19.4 Å². The Labute approximate surface area is 91.4 Å². The molecule has 0 aliphatic heterocycles. The van der Waals surface area contributed by atoms with Crippen molar-refractivity contribution in [2.45, 2.75) is 20.0 Å². The third kappa shape index (κ3) is 2.93. The Morgan fingerprint density at radius 3 is 2.71 bits per heavy atom. The summed E-state index contributed by atoms with van der Waals surface area (Å²) < 4.78 is 13.4. The molecule has 76 valence electrons. The van der Waals surface area contributed by atoms with Crippen molar-refractivity contribution in [3.05, 3.63) is 39.6 Å². The molecule has 0 spiro atoms. The van der Waals surface area contributed by atoms with Crippen LogP contribution in [0.5, 0.6) is 0 Å². The minimum Gasteiger partial charge on any atom is -0.389 e. The van der Waals surface area contributed by atoms with Gasteiger partial charge in [-0.05, 0) is 37.1 Å². The van der Waals surface area contributed by atoms with Gasteiger partial charge in [0.1, 0.15) is 5.82 Å². The van der Waals surface area contributed by atoms with Crippen molar-refractivity contribution in [1.82, 2.24) is 0 Å². The van der Waals surface area contributed by atoms with E-state index in [0.29, 0.717) is 4.47 Å². The molecule has 3 heteroatoms. The maximum absolute atomic E-state index is 12.7. The van der Waals surface area contributed by atoms with Crippen LogP contribution < -0.4 is 0 Å². The summed E-state index contributed by atoms with van der Waals surface area (Å²) in [5.74, 6) is -0.274. The zero-order valence-electron chi connectivity index (χ0n) is 8.09. The molecule has 0 saturated carbocycles. The van der Waals surface area contributed by atoms with Gasteiger partial charge in [0.25, 0.3) is 0 Å². The average molecular weight is 259 g/mol. The predicted molar refractivity (Wildman–Crippen MR) is 59.4 cm³/mol. The number of rotatable bonds is 2. The molecule has 1 N–H and O–H groups in total. The average Bonchev–Trinajstić information content (AvgIpc) is 2.09. The molecular weight excluding hydrogens is 247 g/mol. The second-order valence-corrected chi connectivity index (χ2v) is 4.08. The Bertz CT molecular complexity index is 358. The lowest BCUT2D eigenvalue weighted by molar-refractivity contribution is 0.232. The summed E-state index contributed by atoms with van der Waals surface area (Å²) in [6.07, 6.45) is 1.35. The lowest BCUT2D eigenvalue weighted by atomic mass is 10.1. The monoisotopic (exact) mass is 258 g/mol. The van der Waals surface area contributed by atoms with Crippen LogP contribution in [-0.2, 0) is 0 Å². The molecule has 0 radical (unpaired) electrons. The van der Waals surface area contributed by atoms with E-state index in [4.69, 9.17) is 0 Å². The highest BCUT2D eigenvalue weighted by molar-refractivity contribution is 9.10. The van der Waals surface area contributed by atoms with Gasteiger partial charge in [0.2, 0.25) is 0 Å². The fraction of sp³-hybridized carbons (Fsp3) is 0.273. The van der Waals surface area contributed by atoms with E-state index in [9.17, 15) is 9.50 Å². The highest BCUT2D eigenvalue weighted by Gasteiger charge is 2.02. The minimum atomic E-state index is -0.480. The second-order valence-electron chi connectivity index (χ2n) is 3.23. The van der Waals surface area contributed by atoms with Crippen LogP contribution in [0.25, 0.3) is 6.08 Å². The first kappa shape index (κ1) is 11.4. The fourth-order valence-corrected chi connectivity index (χ4v) is 1.45. The van der Waals surface area contributed by atoms with Crippen molar-refractivity contribution in [1.29, 1.82) is 0 Å². The fourth-order valence-electron chi connectivity index (χ4n) is 0.984. The van der Waals surface area contributed by atoms with E-state index in [1.54, 1.807) is 13.0 Å². The number of halogens is 2. The zero-order chi connectivity index (χ0) is 10.7. The van der Waals surface area contributed by atoms with Crippen molar-refractivity contribution in [3.8, 4) is 0 Å². The maximum Gasteiger partial charge on any atom is 0.124 e. The predicted octanol–water partition coefficient (Wildman–Crippen LogP) is 3.37. The Kier molecular flexibility index (Phi) is 3.84. The Balaban J connectivity index is 3.03. The second kappa shape index (κ2) is 4.71.